The lowest BCUT2D eigenvalue weighted by Gasteiger charge is -2.20. The fraction of sp³-hybridized carbons (Fsp3) is 0.872. The molecule has 0 radical (unpaired) electrons. The molecule has 300 valence electrons. The van der Waals surface area contributed by atoms with Gasteiger partial charge in [0.1, 0.15) is 12.6 Å². The van der Waals surface area contributed by atoms with E-state index in [2.05, 4.69) is 30.5 Å². The zero-order valence-electron chi connectivity index (χ0n) is 32.2. The van der Waals surface area contributed by atoms with Crippen molar-refractivity contribution in [3.8, 4) is 0 Å². The molecule has 0 amide bonds. The fourth-order valence-corrected chi connectivity index (χ4v) is 6.31. The number of carboxylic acid groups (broad SMARTS) is 1. The van der Waals surface area contributed by atoms with E-state index >= 15 is 0 Å². The molecule has 1 unspecified atom stereocenters. The lowest BCUT2D eigenvalue weighted by Crippen LogP contribution is -2.34. The van der Waals surface area contributed by atoms with Crippen LogP contribution in [0.3, 0.4) is 0 Å². The third-order valence-electron chi connectivity index (χ3n) is 8.76. The van der Waals surface area contributed by atoms with Crippen LogP contribution in [0.15, 0.2) is 12.2 Å². The zero-order valence-corrected chi connectivity index (χ0v) is 33.1. The van der Waals surface area contributed by atoms with Crippen LogP contribution in [-0.2, 0) is 37.5 Å². The minimum atomic E-state index is -4.71. The van der Waals surface area contributed by atoms with E-state index in [0.717, 1.165) is 57.8 Å². The lowest BCUT2D eigenvalue weighted by molar-refractivity contribution is -0.161. The van der Waals surface area contributed by atoms with Crippen LogP contribution in [0, 0.1) is 0 Å². The first-order valence-corrected chi connectivity index (χ1v) is 21.7. The number of carbonyl (C=O) groups excluding carboxylic acids is 2. The molecule has 0 aliphatic rings. The van der Waals surface area contributed by atoms with E-state index in [9.17, 15) is 23.8 Å². The summed E-state index contributed by atoms with van der Waals surface area (Å²) in [5.41, 5.74) is 5.32. The van der Waals surface area contributed by atoms with Crippen molar-refractivity contribution >= 4 is 25.7 Å². The summed E-state index contributed by atoms with van der Waals surface area (Å²) in [6.45, 7) is 2.78. The minimum absolute atomic E-state index is 0.164. The number of hydrogen-bond donors (Lipinski definition) is 3. The fourth-order valence-electron chi connectivity index (χ4n) is 5.53. The SMILES string of the molecule is CCCCCCCC/C=C/CCCCCCCC(=O)OC[C@H](COP(=O)(O)OC[C@H](N)C(=O)O)OC(=O)CCCCCCCCCCCCCC. The molecular weight excluding hydrogens is 673 g/mol. The molecule has 0 aromatic rings. The molecule has 0 aliphatic carbocycles. The second-order valence-corrected chi connectivity index (χ2v) is 15.2. The summed E-state index contributed by atoms with van der Waals surface area (Å²) in [5.74, 6) is -2.38. The van der Waals surface area contributed by atoms with Gasteiger partial charge in [-0.25, -0.2) is 4.57 Å². The molecule has 0 aromatic heterocycles. The maximum Gasteiger partial charge on any atom is 0.472 e. The van der Waals surface area contributed by atoms with Gasteiger partial charge in [-0.2, -0.15) is 0 Å². The van der Waals surface area contributed by atoms with Gasteiger partial charge in [-0.05, 0) is 38.5 Å². The van der Waals surface area contributed by atoms with Crippen molar-refractivity contribution in [2.24, 2.45) is 5.73 Å². The molecule has 51 heavy (non-hydrogen) atoms. The van der Waals surface area contributed by atoms with Crippen LogP contribution in [0.25, 0.3) is 0 Å². The van der Waals surface area contributed by atoms with E-state index in [1.54, 1.807) is 0 Å². The largest absolute Gasteiger partial charge is 0.480 e. The Bertz CT molecular complexity index is 932. The number of aliphatic carboxylic acids is 1. The Kier molecular flexibility index (Phi) is 34.0. The van der Waals surface area contributed by atoms with Crippen LogP contribution in [0.1, 0.15) is 187 Å². The smallest absolute Gasteiger partial charge is 0.472 e. The summed E-state index contributed by atoms with van der Waals surface area (Å²) >= 11 is 0. The number of unbranched alkanes of at least 4 members (excludes halogenated alkanes) is 22. The molecule has 0 aliphatic heterocycles. The van der Waals surface area contributed by atoms with Gasteiger partial charge in [-0.15, -0.1) is 0 Å². The number of carboxylic acids is 1. The number of phosphoric acid groups is 1. The average Bonchev–Trinajstić information content (AvgIpc) is 3.10. The van der Waals surface area contributed by atoms with Gasteiger partial charge in [0.15, 0.2) is 6.10 Å². The summed E-state index contributed by atoms with van der Waals surface area (Å²) in [7, 11) is -4.71. The van der Waals surface area contributed by atoms with Gasteiger partial charge in [0.05, 0.1) is 13.2 Å². The first-order valence-electron chi connectivity index (χ1n) is 20.2. The molecule has 4 N–H and O–H groups in total. The molecule has 0 aromatic carbocycles. The van der Waals surface area contributed by atoms with Crippen LogP contribution in [0.5, 0.6) is 0 Å². The summed E-state index contributed by atoms with van der Waals surface area (Å²) in [4.78, 5) is 45.8. The van der Waals surface area contributed by atoms with Crippen LogP contribution in [0.4, 0.5) is 0 Å². The second-order valence-electron chi connectivity index (χ2n) is 13.8. The third kappa shape index (κ3) is 35.0. The van der Waals surface area contributed by atoms with Gasteiger partial charge in [0.25, 0.3) is 0 Å². The highest BCUT2D eigenvalue weighted by molar-refractivity contribution is 7.47. The average molecular weight is 748 g/mol. The first-order chi connectivity index (χ1) is 24.6. The quantitative estimate of drug-likeness (QED) is 0.0237. The van der Waals surface area contributed by atoms with Gasteiger partial charge in [-0.1, -0.05) is 148 Å². The highest BCUT2D eigenvalue weighted by Gasteiger charge is 2.28. The predicted molar refractivity (Wildman–Crippen MR) is 203 cm³/mol. The van der Waals surface area contributed by atoms with Crippen LogP contribution >= 0.6 is 7.82 Å². The van der Waals surface area contributed by atoms with E-state index < -0.39 is 51.1 Å². The van der Waals surface area contributed by atoms with Crippen molar-refractivity contribution in [2.45, 2.75) is 199 Å². The Morgan fingerprint density at radius 3 is 1.43 bits per heavy atom. The number of rotatable bonds is 38. The summed E-state index contributed by atoms with van der Waals surface area (Å²) in [6, 6.07) is -1.52. The van der Waals surface area contributed by atoms with E-state index in [4.69, 9.17) is 24.8 Å². The van der Waals surface area contributed by atoms with Crippen molar-refractivity contribution in [1.82, 2.24) is 0 Å². The highest BCUT2D eigenvalue weighted by Crippen LogP contribution is 2.43. The second kappa shape index (κ2) is 35.3. The third-order valence-corrected chi connectivity index (χ3v) is 9.71. The number of hydrogen-bond acceptors (Lipinski definition) is 9. The van der Waals surface area contributed by atoms with E-state index in [0.29, 0.717) is 12.8 Å². The van der Waals surface area contributed by atoms with Crippen molar-refractivity contribution in [1.29, 1.82) is 0 Å². The molecule has 11 nitrogen and oxygen atoms in total. The Morgan fingerprint density at radius 2 is 0.980 bits per heavy atom. The van der Waals surface area contributed by atoms with Crippen molar-refractivity contribution in [3.63, 3.8) is 0 Å². The number of carbonyl (C=O) groups is 3. The van der Waals surface area contributed by atoms with Crippen molar-refractivity contribution in [2.75, 3.05) is 19.8 Å². The maximum atomic E-state index is 12.6. The maximum absolute atomic E-state index is 12.6. The summed E-state index contributed by atoms with van der Waals surface area (Å²) < 4.78 is 32.6. The van der Waals surface area contributed by atoms with Gasteiger partial charge in [-0.3, -0.25) is 23.4 Å². The Morgan fingerprint density at radius 1 is 0.588 bits per heavy atom. The zero-order chi connectivity index (χ0) is 37.8. The first kappa shape index (κ1) is 49.2. The van der Waals surface area contributed by atoms with Crippen molar-refractivity contribution in [3.05, 3.63) is 12.2 Å². The molecule has 0 spiro atoms. The molecular formula is C39H74NO10P. The normalized spacial score (nSPS) is 14.0. The van der Waals surface area contributed by atoms with Gasteiger partial charge in [0.2, 0.25) is 0 Å². The van der Waals surface area contributed by atoms with E-state index in [1.807, 2.05) is 0 Å². The van der Waals surface area contributed by atoms with Crippen molar-refractivity contribution < 1.29 is 47.5 Å². The highest BCUT2D eigenvalue weighted by atomic mass is 31.2. The summed E-state index contributed by atoms with van der Waals surface area (Å²) in [6.07, 6.45) is 32.8. The van der Waals surface area contributed by atoms with Gasteiger partial charge < -0.3 is 25.2 Å². The minimum Gasteiger partial charge on any atom is -0.480 e. The standard InChI is InChI=1S/C39H74NO10P/c1-3-5-7-9-11-13-15-17-18-19-21-22-24-26-28-30-37(41)47-32-35(33-48-51(45,46)49-34-36(40)39(43)44)50-38(42)31-29-27-25-23-20-16-14-12-10-8-6-4-2/h17-18,35-36H,3-16,19-34,40H2,1-2H3,(H,43,44)(H,45,46)/b18-17+/t35-,36+/m1/s1. The molecule has 0 rings (SSSR count). The van der Waals surface area contributed by atoms with Crippen LogP contribution in [0.2, 0.25) is 0 Å². The van der Waals surface area contributed by atoms with E-state index in [1.165, 1.54) is 89.9 Å². The Balaban J connectivity index is 4.39. The van der Waals surface area contributed by atoms with Gasteiger partial charge in [0, 0.05) is 12.8 Å². The number of esters is 2. The number of allylic oxidation sites excluding steroid dienone is 2. The molecule has 0 heterocycles. The molecule has 0 saturated carbocycles. The molecule has 0 fully saturated rings. The predicted octanol–water partition coefficient (Wildman–Crippen LogP) is 10.1. The van der Waals surface area contributed by atoms with Crippen LogP contribution in [-0.4, -0.2) is 59.9 Å². The Labute approximate surface area is 309 Å². The molecule has 3 atom stereocenters. The number of nitrogens with two attached hydrogens (primary N) is 1. The number of phosphoric ester groups is 1. The Hall–Kier alpha value is -1.78. The summed E-state index contributed by atoms with van der Waals surface area (Å²) in [5, 5.41) is 8.86. The monoisotopic (exact) mass is 748 g/mol. The molecule has 0 saturated heterocycles. The lowest BCUT2D eigenvalue weighted by atomic mass is 10.0. The number of ether oxygens (including phenoxy) is 2. The van der Waals surface area contributed by atoms with Crippen LogP contribution < -0.4 is 5.73 Å². The molecule has 12 heteroatoms. The van der Waals surface area contributed by atoms with Gasteiger partial charge >= 0.3 is 25.7 Å². The topological polar surface area (TPSA) is 172 Å². The molecule has 0 bridgehead atoms. The van der Waals surface area contributed by atoms with E-state index in [-0.39, 0.29) is 19.4 Å².